The van der Waals surface area contributed by atoms with Crippen molar-refractivity contribution >= 4 is 45.0 Å². The van der Waals surface area contributed by atoms with Crippen LogP contribution in [0.2, 0.25) is 0 Å². The smallest absolute Gasteiger partial charge is 0.287 e. The fourth-order valence-electron chi connectivity index (χ4n) is 5.10. The van der Waals surface area contributed by atoms with E-state index in [4.69, 9.17) is 14.5 Å². The number of ether oxygens (including phenoxy) is 2. The van der Waals surface area contributed by atoms with Crippen LogP contribution in [-0.4, -0.2) is 26.8 Å². The van der Waals surface area contributed by atoms with Crippen LogP contribution >= 0.6 is 23.1 Å². The third kappa shape index (κ3) is 7.92. The highest BCUT2D eigenvalue weighted by molar-refractivity contribution is 8.01. The number of fused-ring (bicyclic) bond motifs is 1. The van der Waals surface area contributed by atoms with Gasteiger partial charge in [-0.25, -0.2) is 9.67 Å². The van der Waals surface area contributed by atoms with Crippen molar-refractivity contribution in [1.29, 1.82) is 0 Å². The van der Waals surface area contributed by atoms with E-state index in [0.717, 1.165) is 16.0 Å². The number of aromatic nitrogens is 3. The summed E-state index contributed by atoms with van der Waals surface area (Å²) in [4.78, 5) is 32.4. The molecule has 6 aromatic rings. The molecule has 0 spiro atoms. The molecule has 0 aliphatic rings. The number of carbonyl (C=O) groups excluding carboxylic acids is 1. The molecule has 0 saturated heterocycles. The van der Waals surface area contributed by atoms with Crippen molar-refractivity contribution in [1.82, 2.24) is 14.8 Å². The molecule has 8 nitrogen and oxygen atoms in total. The molecule has 2 heterocycles. The second-order valence-electron chi connectivity index (χ2n) is 13.9. The van der Waals surface area contributed by atoms with E-state index in [1.165, 1.54) is 38.9 Å². The monoisotopic (exact) mass is 692 g/mol. The number of H-pyrrole nitrogens is 1. The number of aromatic amines is 1. The van der Waals surface area contributed by atoms with Gasteiger partial charge in [-0.3, -0.25) is 14.7 Å². The van der Waals surface area contributed by atoms with Gasteiger partial charge in [-0.1, -0.05) is 77.9 Å². The Morgan fingerprint density at radius 2 is 1.37 bits per heavy atom. The van der Waals surface area contributed by atoms with Gasteiger partial charge in [0.2, 0.25) is 0 Å². The first-order valence-corrected chi connectivity index (χ1v) is 17.7. The lowest BCUT2D eigenvalue weighted by molar-refractivity contribution is -0.122. The van der Waals surface area contributed by atoms with E-state index in [1.54, 1.807) is 31.2 Å². The Morgan fingerprint density at radius 3 is 1.94 bits per heavy atom. The largest absolute Gasteiger partial charge is 0.481 e. The number of nitrogens with zero attached hydrogens (tertiary/aromatic N) is 2. The third-order valence-electron chi connectivity index (χ3n) is 8.01. The van der Waals surface area contributed by atoms with Gasteiger partial charge in [0.25, 0.3) is 11.5 Å². The molecule has 0 radical (unpaired) electrons. The second kappa shape index (κ2) is 13.6. The number of thiazole rings is 1. The predicted octanol–water partition coefficient (Wildman–Crippen LogP) is 9.72. The van der Waals surface area contributed by atoms with Gasteiger partial charge in [-0.05, 0) is 101 Å². The maximum Gasteiger partial charge on any atom is 0.287 e. The molecule has 2 aromatic heterocycles. The Hall–Kier alpha value is -4.80. The fourth-order valence-corrected chi connectivity index (χ4v) is 7.18. The van der Waals surface area contributed by atoms with Crippen LogP contribution in [0, 0.1) is 0 Å². The first-order chi connectivity index (χ1) is 23.2. The Bertz CT molecular complexity index is 2100. The van der Waals surface area contributed by atoms with Crippen molar-refractivity contribution in [2.75, 3.05) is 5.32 Å². The van der Waals surface area contributed by atoms with Crippen molar-refractivity contribution in [3.05, 3.63) is 119 Å². The molecule has 1 atom stereocenters. The van der Waals surface area contributed by atoms with Gasteiger partial charge in [-0.15, -0.1) is 11.3 Å². The van der Waals surface area contributed by atoms with Crippen molar-refractivity contribution in [3.63, 3.8) is 0 Å². The highest BCUT2D eigenvalue weighted by atomic mass is 32.2. The average molecular weight is 693 g/mol. The summed E-state index contributed by atoms with van der Waals surface area (Å²) in [6, 6.07) is 30.8. The van der Waals surface area contributed by atoms with Crippen molar-refractivity contribution in [2.45, 2.75) is 74.6 Å². The Morgan fingerprint density at radius 1 is 0.816 bits per heavy atom. The van der Waals surface area contributed by atoms with Crippen LogP contribution in [0.3, 0.4) is 0 Å². The number of hydrogen-bond acceptors (Lipinski definition) is 7. The van der Waals surface area contributed by atoms with Gasteiger partial charge in [0.1, 0.15) is 28.0 Å². The van der Waals surface area contributed by atoms with E-state index in [1.807, 2.05) is 60.7 Å². The highest BCUT2D eigenvalue weighted by Gasteiger charge is 2.24. The maximum absolute atomic E-state index is 13.9. The Kier molecular flexibility index (Phi) is 9.46. The molecule has 0 aliphatic heterocycles. The molecule has 0 aliphatic carbocycles. The normalized spacial score (nSPS) is 12.6. The standard InChI is InChI=1S/C39H40N4O4S2/c1-24(46-28-18-12-25(13-19-28)38(2,3)4)35(44)41-34-33(49-37-40-31-10-8-9-11-32(31)48-37)36(45)43(42-34)27-16-22-30(23-17-27)47-29-20-14-26(15-21-29)39(5,6)7/h8-24,42H,1-7H3,(H,41,44). The molecule has 0 fully saturated rings. The quantitative estimate of drug-likeness (QED) is 0.157. The summed E-state index contributed by atoms with van der Waals surface area (Å²) in [5, 5.41) is 6.02. The summed E-state index contributed by atoms with van der Waals surface area (Å²) in [7, 11) is 0. The molecule has 0 bridgehead atoms. The number of amides is 1. The molecule has 2 N–H and O–H groups in total. The number of anilines is 1. The van der Waals surface area contributed by atoms with Crippen molar-refractivity contribution in [3.8, 4) is 22.9 Å². The number of rotatable bonds is 9. The van der Waals surface area contributed by atoms with Crippen LogP contribution in [0.15, 0.2) is 111 Å². The van der Waals surface area contributed by atoms with Gasteiger partial charge in [-0.2, -0.15) is 0 Å². The van der Waals surface area contributed by atoms with E-state index in [9.17, 15) is 9.59 Å². The molecule has 0 saturated carbocycles. The molecular formula is C39H40N4O4S2. The minimum atomic E-state index is -0.832. The van der Waals surface area contributed by atoms with E-state index in [-0.39, 0.29) is 22.2 Å². The van der Waals surface area contributed by atoms with Crippen molar-refractivity contribution in [2.24, 2.45) is 0 Å². The highest BCUT2D eigenvalue weighted by Crippen LogP contribution is 2.36. The number of para-hydroxylation sites is 1. The minimum absolute atomic E-state index is 0.00357. The lowest BCUT2D eigenvalue weighted by Crippen LogP contribution is -2.30. The number of hydrogen-bond donors (Lipinski definition) is 2. The van der Waals surface area contributed by atoms with Crippen LogP contribution in [0.25, 0.3) is 15.9 Å². The number of benzene rings is 4. The molecule has 10 heteroatoms. The van der Waals surface area contributed by atoms with E-state index < -0.39 is 12.0 Å². The molecular weight excluding hydrogens is 653 g/mol. The van der Waals surface area contributed by atoms with Crippen LogP contribution in [-0.2, 0) is 15.6 Å². The zero-order chi connectivity index (χ0) is 34.9. The topological polar surface area (TPSA) is 98.2 Å². The SMILES string of the molecule is CC(Oc1ccc(C(C)(C)C)cc1)C(=O)Nc1[nH]n(-c2ccc(Oc3ccc(C(C)(C)C)cc3)cc2)c(=O)c1Sc1nc2ccccc2s1. The molecule has 49 heavy (non-hydrogen) atoms. The van der Waals surface area contributed by atoms with Gasteiger partial charge < -0.3 is 14.8 Å². The molecule has 4 aromatic carbocycles. The van der Waals surface area contributed by atoms with Gasteiger partial charge in [0.05, 0.1) is 15.9 Å². The Labute approximate surface area is 294 Å². The molecule has 252 valence electrons. The predicted molar refractivity (Wildman–Crippen MR) is 199 cm³/mol. The fraction of sp³-hybridized carbons (Fsp3) is 0.256. The second-order valence-corrected chi connectivity index (χ2v) is 16.2. The van der Waals surface area contributed by atoms with Gasteiger partial charge in [0, 0.05) is 0 Å². The summed E-state index contributed by atoms with van der Waals surface area (Å²) < 4.78 is 15.2. The zero-order valence-electron chi connectivity index (χ0n) is 28.7. The number of carbonyl (C=O) groups is 1. The van der Waals surface area contributed by atoms with Crippen LogP contribution in [0.1, 0.15) is 59.6 Å². The summed E-state index contributed by atoms with van der Waals surface area (Å²) in [5.74, 6) is 1.79. The van der Waals surface area contributed by atoms with E-state index >= 15 is 0 Å². The summed E-state index contributed by atoms with van der Waals surface area (Å²) in [5.41, 5.74) is 3.55. The first-order valence-electron chi connectivity index (χ1n) is 16.1. The first kappa shape index (κ1) is 34.1. The minimum Gasteiger partial charge on any atom is -0.481 e. The molecule has 1 amide bonds. The van der Waals surface area contributed by atoms with Gasteiger partial charge >= 0.3 is 0 Å². The number of nitrogens with one attached hydrogen (secondary N) is 2. The summed E-state index contributed by atoms with van der Waals surface area (Å²) in [6.07, 6.45) is -0.832. The Balaban J connectivity index is 1.25. The molecule has 1 unspecified atom stereocenters. The maximum atomic E-state index is 13.9. The van der Waals surface area contributed by atoms with Crippen LogP contribution in [0.4, 0.5) is 5.82 Å². The van der Waals surface area contributed by atoms with Crippen molar-refractivity contribution < 1.29 is 14.3 Å². The summed E-state index contributed by atoms with van der Waals surface area (Å²) >= 11 is 2.70. The average Bonchev–Trinajstić information content (AvgIpc) is 3.61. The van der Waals surface area contributed by atoms with Crippen LogP contribution in [0.5, 0.6) is 17.2 Å². The zero-order valence-corrected chi connectivity index (χ0v) is 30.3. The van der Waals surface area contributed by atoms with Gasteiger partial charge in [0.15, 0.2) is 10.4 Å². The summed E-state index contributed by atoms with van der Waals surface area (Å²) in [6.45, 7) is 14.6. The lowest BCUT2D eigenvalue weighted by Gasteiger charge is -2.20. The third-order valence-corrected chi connectivity index (χ3v) is 10.2. The van der Waals surface area contributed by atoms with E-state index in [2.05, 4.69) is 64.1 Å². The van der Waals surface area contributed by atoms with E-state index in [0.29, 0.717) is 26.4 Å². The lowest BCUT2D eigenvalue weighted by atomic mass is 9.87. The molecule has 6 rings (SSSR count). The van der Waals surface area contributed by atoms with Crippen LogP contribution < -0.4 is 20.3 Å².